The Hall–Kier alpha value is -2.86. The van der Waals surface area contributed by atoms with Gasteiger partial charge in [0.1, 0.15) is 10.9 Å². The molecule has 0 saturated carbocycles. The van der Waals surface area contributed by atoms with Crippen molar-refractivity contribution < 1.29 is 0 Å². The Morgan fingerprint density at radius 3 is 2.59 bits per heavy atom. The van der Waals surface area contributed by atoms with E-state index in [1.165, 1.54) is 0 Å². The van der Waals surface area contributed by atoms with Crippen molar-refractivity contribution in [2.45, 2.75) is 0 Å². The number of pyridine rings is 1. The summed E-state index contributed by atoms with van der Waals surface area (Å²) in [6, 6.07) is 13.3. The number of rotatable bonds is 3. The molecule has 2 heterocycles. The zero-order chi connectivity index (χ0) is 15.5. The second kappa shape index (κ2) is 5.87. The largest absolute Gasteiger partial charge is 0.369 e. The van der Waals surface area contributed by atoms with E-state index in [1.54, 1.807) is 12.3 Å². The molecule has 3 aromatic rings. The van der Waals surface area contributed by atoms with Crippen molar-refractivity contribution in [3.63, 3.8) is 0 Å². The van der Waals surface area contributed by atoms with Crippen LogP contribution in [0.1, 0.15) is 11.3 Å². The number of hydrogen-bond donors (Lipinski definition) is 3. The van der Waals surface area contributed by atoms with Crippen LogP contribution < -0.4 is 11.5 Å². The Morgan fingerprint density at radius 2 is 1.86 bits per heavy atom. The molecule has 0 spiro atoms. The molecule has 0 aliphatic carbocycles. The van der Waals surface area contributed by atoms with Gasteiger partial charge in [0.15, 0.2) is 0 Å². The Morgan fingerprint density at radius 1 is 1.09 bits per heavy atom. The molecule has 110 valence electrons. The van der Waals surface area contributed by atoms with Gasteiger partial charge in [-0.15, -0.1) is 10.2 Å². The first-order valence-electron chi connectivity index (χ1n) is 6.50. The van der Waals surface area contributed by atoms with Gasteiger partial charge in [-0.3, -0.25) is 0 Å². The summed E-state index contributed by atoms with van der Waals surface area (Å²) in [5.41, 5.74) is 13.9. The number of aromatic nitrogens is 2. The monoisotopic (exact) mass is 312 g/mol. The van der Waals surface area contributed by atoms with Crippen LogP contribution in [0.5, 0.6) is 0 Å². The maximum absolute atomic E-state index is 5.92. The summed E-state index contributed by atoms with van der Waals surface area (Å²) in [5.74, 6) is -0.103. The van der Waals surface area contributed by atoms with Gasteiger partial charge in [-0.25, -0.2) is 4.98 Å². The minimum absolute atomic E-state index is 0.103. The van der Waals surface area contributed by atoms with Gasteiger partial charge in [-0.1, -0.05) is 41.9 Å². The van der Waals surface area contributed by atoms with Crippen molar-refractivity contribution >= 4 is 34.2 Å². The van der Waals surface area contributed by atoms with Gasteiger partial charge in [0, 0.05) is 10.9 Å². The van der Waals surface area contributed by atoms with E-state index < -0.39 is 0 Å². The summed E-state index contributed by atoms with van der Waals surface area (Å²) in [7, 11) is 0. The van der Waals surface area contributed by atoms with Crippen molar-refractivity contribution in [2.24, 2.45) is 21.7 Å². The molecule has 2 aromatic heterocycles. The van der Waals surface area contributed by atoms with Gasteiger partial charge < -0.3 is 16.5 Å². The Kier molecular flexibility index (Phi) is 3.76. The fourth-order valence-electron chi connectivity index (χ4n) is 2.10. The van der Waals surface area contributed by atoms with Crippen molar-refractivity contribution in [3.05, 3.63) is 65.1 Å². The predicted octanol–water partition coefficient (Wildman–Crippen LogP) is 2.24. The first-order valence-corrected chi connectivity index (χ1v) is 6.88. The number of hydrogen-bond acceptors (Lipinski definition) is 3. The molecule has 0 radical (unpaired) electrons. The second-order valence-corrected chi connectivity index (χ2v) is 5.00. The molecular weight excluding hydrogens is 300 g/mol. The van der Waals surface area contributed by atoms with Crippen LogP contribution in [0.3, 0.4) is 0 Å². The smallest absolute Gasteiger partial charge is 0.211 e. The first-order chi connectivity index (χ1) is 10.6. The first kappa shape index (κ1) is 14.1. The predicted molar refractivity (Wildman–Crippen MR) is 89.0 cm³/mol. The van der Waals surface area contributed by atoms with Crippen LogP contribution in [0, 0.1) is 0 Å². The van der Waals surface area contributed by atoms with E-state index in [-0.39, 0.29) is 5.96 Å². The molecule has 6 nitrogen and oxygen atoms in total. The van der Waals surface area contributed by atoms with E-state index in [9.17, 15) is 0 Å². The maximum Gasteiger partial charge on any atom is 0.211 e. The topological polar surface area (TPSA) is 105 Å². The molecule has 0 atom stereocenters. The summed E-state index contributed by atoms with van der Waals surface area (Å²) in [4.78, 5) is 7.30. The minimum Gasteiger partial charge on any atom is -0.369 e. The van der Waals surface area contributed by atoms with E-state index in [0.717, 1.165) is 22.2 Å². The second-order valence-electron chi connectivity index (χ2n) is 4.62. The number of nitrogens with one attached hydrogen (secondary N) is 1. The number of aromatic amines is 1. The molecule has 5 N–H and O–H groups in total. The van der Waals surface area contributed by atoms with Gasteiger partial charge in [0.25, 0.3) is 0 Å². The fourth-order valence-corrected chi connectivity index (χ4v) is 2.27. The molecule has 0 unspecified atom stereocenters. The Balaban J connectivity index is 2.15. The van der Waals surface area contributed by atoms with Gasteiger partial charge in [0.05, 0.1) is 17.4 Å². The number of halogens is 1. The minimum atomic E-state index is -0.103. The third kappa shape index (κ3) is 2.91. The zero-order valence-corrected chi connectivity index (χ0v) is 12.2. The van der Waals surface area contributed by atoms with Gasteiger partial charge in [-0.2, -0.15) is 0 Å². The number of H-pyrrole nitrogens is 1. The maximum atomic E-state index is 5.92. The molecule has 3 rings (SSSR count). The summed E-state index contributed by atoms with van der Waals surface area (Å²) in [6.07, 6.45) is 1.67. The normalized spacial score (nSPS) is 11.6. The van der Waals surface area contributed by atoms with Crippen LogP contribution in [0.4, 0.5) is 0 Å². The Labute approximate surface area is 131 Å². The molecule has 0 aliphatic heterocycles. The van der Waals surface area contributed by atoms with Gasteiger partial charge in [0.2, 0.25) is 5.96 Å². The summed E-state index contributed by atoms with van der Waals surface area (Å²) in [6.45, 7) is 0. The standard InChI is InChI=1S/C15H13ClN6/c16-13-7-10-6-11(20-12(10)8-19-13)14(21-22-15(17)18)9-4-2-1-3-5-9/h1-8,20H,(H4,17,18,22)/b21-14+. The van der Waals surface area contributed by atoms with Gasteiger partial charge in [-0.05, 0) is 12.1 Å². The highest BCUT2D eigenvalue weighted by atomic mass is 35.5. The van der Waals surface area contributed by atoms with Crippen LogP contribution in [0.25, 0.3) is 10.9 Å². The number of fused-ring (bicyclic) bond motifs is 1. The van der Waals surface area contributed by atoms with E-state index in [1.807, 2.05) is 36.4 Å². The van der Waals surface area contributed by atoms with E-state index >= 15 is 0 Å². The lowest BCUT2D eigenvalue weighted by Crippen LogP contribution is -2.22. The van der Waals surface area contributed by atoms with Crippen LogP contribution >= 0.6 is 11.6 Å². The van der Waals surface area contributed by atoms with E-state index in [0.29, 0.717) is 10.9 Å². The fraction of sp³-hybridized carbons (Fsp3) is 0. The SMILES string of the molecule is NC(N)=N/N=C(\c1ccccc1)c1cc2cc(Cl)ncc2[nH]1. The number of nitrogens with zero attached hydrogens (tertiary/aromatic N) is 3. The lowest BCUT2D eigenvalue weighted by Gasteiger charge is -2.02. The lowest BCUT2D eigenvalue weighted by atomic mass is 10.1. The molecule has 0 aliphatic rings. The van der Waals surface area contributed by atoms with Gasteiger partial charge >= 0.3 is 0 Å². The molecule has 0 fully saturated rings. The molecule has 0 bridgehead atoms. The Bertz CT molecular complexity index is 862. The zero-order valence-electron chi connectivity index (χ0n) is 11.5. The quantitative estimate of drug-likeness (QED) is 0.299. The average Bonchev–Trinajstić information content (AvgIpc) is 2.91. The highest BCUT2D eigenvalue weighted by molar-refractivity contribution is 6.30. The number of nitrogens with two attached hydrogens (primary N) is 2. The van der Waals surface area contributed by atoms with E-state index in [4.69, 9.17) is 23.1 Å². The number of benzene rings is 1. The van der Waals surface area contributed by atoms with Crippen molar-refractivity contribution in [3.8, 4) is 0 Å². The average molecular weight is 313 g/mol. The van der Waals surface area contributed by atoms with Crippen LogP contribution in [-0.2, 0) is 0 Å². The third-order valence-electron chi connectivity index (χ3n) is 3.04. The van der Waals surface area contributed by atoms with Crippen LogP contribution in [-0.4, -0.2) is 21.6 Å². The molecule has 0 amide bonds. The van der Waals surface area contributed by atoms with Crippen molar-refractivity contribution in [2.75, 3.05) is 0 Å². The molecular formula is C15H13ClN6. The third-order valence-corrected chi connectivity index (χ3v) is 3.25. The number of guanidine groups is 1. The molecule has 7 heteroatoms. The van der Waals surface area contributed by atoms with Crippen LogP contribution in [0.15, 0.2) is 58.9 Å². The van der Waals surface area contributed by atoms with E-state index in [2.05, 4.69) is 20.2 Å². The summed E-state index contributed by atoms with van der Waals surface area (Å²) < 4.78 is 0. The highest BCUT2D eigenvalue weighted by Crippen LogP contribution is 2.20. The van der Waals surface area contributed by atoms with Crippen molar-refractivity contribution in [1.29, 1.82) is 0 Å². The van der Waals surface area contributed by atoms with Crippen LogP contribution in [0.2, 0.25) is 5.15 Å². The molecule has 22 heavy (non-hydrogen) atoms. The highest BCUT2D eigenvalue weighted by Gasteiger charge is 2.11. The lowest BCUT2D eigenvalue weighted by molar-refractivity contribution is 1.19. The molecule has 1 aromatic carbocycles. The van der Waals surface area contributed by atoms with Crippen molar-refractivity contribution in [1.82, 2.24) is 9.97 Å². The summed E-state index contributed by atoms with van der Waals surface area (Å²) in [5, 5.41) is 9.28. The summed E-state index contributed by atoms with van der Waals surface area (Å²) >= 11 is 5.92. The molecule has 0 saturated heterocycles.